The standard InChI is InChI=1S/C11H23BrO/c1-9(8-10(2)12)6-7-11(3,4)13-5/h9-10H,6-8H2,1-5H3. The van der Waals surface area contributed by atoms with E-state index in [0.29, 0.717) is 4.83 Å². The average Bonchev–Trinajstić information content (AvgIpc) is 2.00. The van der Waals surface area contributed by atoms with E-state index in [0.717, 1.165) is 12.3 Å². The molecule has 0 N–H and O–H groups in total. The van der Waals surface area contributed by atoms with Crippen LogP contribution in [0, 0.1) is 5.92 Å². The van der Waals surface area contributed by atoms with Crippen LogP contribution in [0.5, 0.6) is 0 Å². The Morgan fingerprint density at radius 3 is 2.23 bits per heavy atom. The lowest BCUT2D eigenvalue weighted by molar-refractivity contribution is 0.0106. The molecule has 0 aromatic rings. The van der Waals surface area contributed by atoms with Gasteiger partial charge in [0.25, 0.3) is 0 Å². The molecule has 0 rings (SSSR count). The first kappa shape index (κ1) is 13.4. The molecule has 80 valence electrons. The summed E-state index contributed by atoms with van der Waals surface area (Å²) in [6, 6.07) is 0. The van der Waals surface area contributed by atoms with Gasteiger partial charge in [0.1, 0.15) is 0 Å². The highest BCUT2D eigenvalue weighted by molar-refractivity contribution is 9.09. The predicted octanol–water partition coefficient (Wildman–Crippen LogP) is 4.00. The van der Waals surface area contributed by atoms with E-state index < -0.39 is 0 Å². The summed E-state index contributed by atoms with van der Waals surface area (Å²) in [6.07, 6.45) is 3.64. The smallest absolute Gasteiger partial charge is 0.0622 e. The van der Waals surface area contributed by atoms with E-state index in [2.05, 4.69) is 43.6 Å². The molecule has 0 aromatic heterocycles. The maximum absolute atomic E-state index is 5.38. The third-order valence-electron chi connectivity index (χ3n) is 2.52. The summed E-state index contributed by atoms with van der Waals surface area (Å²) in [6.45, 7) is 8.82. The largest absolute Gasteiger partial charge is 0.379 e. The Balaban J connectivity index is 3.63. The summed E-state index contributed by atoms with van der Waals surface area (Å²) < 4.78 is 5.38. The molecule has 0 aliphatic carbocycles. The Morgan fingerprint density at radius 2 is 1.85 bits per heavy atom. The lowest BCUT2D eigenvalue weighted by Gasteiger charge is -2.24. The van der Waals surface area contributed by atoms with Gasteiger partial charge in [-0.05, 0) is 39.0 Å². The summed E-state index contributed by atoms with van der Waals surface area (Å²) in [5.41, 5.74) is 0.0454. The van der Waals surface area contributed by atoms with Crippen molar-refractivity contribution in [2.45, 2.75) is 57.4 Å². The molecule has 0 heterocycles. The molecular weight excluding hydrogens is 228 g/mol. The van der Waals surface area contributed by atoms with Crippen LogP contribution in [0.25, 0.3) is 0 Å². The van der Waals surface area contributed by atoms with Gasteiger partial charge >= 0.3 is 0 Å². The Kier molecular flexibility index (Phi) is 6.23. The highest BCUT2D eigenvalue weighted by Crippen LogP contribution is 2.23. The Bertz CT molecular complexity index is 132. The maximum Gasteiger partial charge on any atom is 0.0622 e. The molecule has 0 saturated carbocycles. The minimum atomic E-state index is 0.0454. The van der Waals surface area contributed by atoms with Crippen LogP contribution in [0.1, 0.15) is 47.0 Å². The molecular formula is C11H23BrO. The van der Waals surface area contributed by atoms with Crippen molar-refractivity contribution < 1.29 is 4.74 Å². The average molecular weight is 251 g/mol. The van der Waals surface area contributed by atoms with E-state index in [1.807, 2.05) is 0 Å². The first-order valence-electron chi connectivity index (χ1n) is 5.06. The van der Waals surface area contributed by atoms with Gasteiger partial charge in [-0.15, -0.1) is 0 Å². The third kappa shape index (κ3) is 7.51. The zero-order valence-electron chi connectivity index (χ0n) is 9.56. The van der Waals surface area contributed by atoms with Gasteiger partial charge < -0.3 is 4.74 Å². The number of methoxy groups -OCH3 is 1. The number of ether oxygens (including phenoxy) is 1. The minimum absolute atomic E-state index is 0.0454. The summed E-state index contributed by atoms with van der Waals surface area (Å²) in [4.78, 5) is 0.633. The molecule has 2 atom stereocenters. The number of halogens is 1. The fourth-order valence-corrected chi connectivity index (χ4v) is 2.01. The van der Waals surface area contributed by atoms with Crippen molar-refractivity contribution in [1.29, 1.82) is 0 Å². The van der Waals surface area contributed by atoms with Crippen LogP contribution in [-0.2, 0) is 4.74 Å². The first-order chi connectivity index (χ1) is 5.87. The molecule has 13 heavy (non-hydrogen) atoms. The molecule has 0 radical (unpaired) electrons. The number of rotatable bonds is 6. The first-order valence-corrected chi connectivity index (χ1v) is 5.98. The zero-order valence-corrected chi connectivity index (χ0v) is 11.1. The van der Waals surface area contributed by atoms with Gasteiger partial charge in [-0.25, -0.2) is 0 Å². The molecule has 2 unspecified atom stereocenters. The fraction of sp³-hybridized carbons (Fsp3) is 1.00. The number of hydrogen-bond acceptors (Lipinski definition) is 1. The van der Waals surface area contributed by atoms with Gasteiger partial charge in [0, 0.05) is 11.9 Å². The fourth-order valence-electron chi connectivity index (χ4n) is 1.37. The molecule has 0 amide bonds. The van der Waals surface area contributed by atoms with E-state index >= 15 is 0 Å². The van der Waals surface area contributed by atoms with Crippen molar-refractivity contribution in [3.05, 3.63) is 0 Å². The van der Waals surface area contributed by atoms with Crippen LogP contribution >= 0.6 is 15.9 Å². The minimum Gasteiger partial charge on any atom is -0.379 e. The van der Waals surface area contributed by atoms with Gasteiger partial charge in [0.15, 0.2) is 0 Å². The van der Waals surface area contributed by atoms with E-state index in [-0.39, 0.29) is 5.60 Å². The SMILES string of the molecule is COC(C)(C)CCC(C)CC(C)Br. The van der Waals surface area contributed by atoms with Crippen molar-refractivity contribution in [3.8, 4) is 0 Å². The molecule has 0 bridgehead atoms. The van der Waals surface area contributed by atoms with Crippen LogP contribution in [-0.4, -0.2) is 17.5 Å². The second-order valence-electron chi connectivity index (χ2n) is 4.62. The van der Waals surface area contributed by atoms with Crippen LogP contribution in [0.4, 0.5) is 0 Å². The van der Waals surface area contributed by atoms with Crippen molar-refractivity contribution >= 4 is 15.9 Å². The molecule has 0 spiro atoms. The monoisotopic (exact) mass is 250 g/mol. The summed E-state index contributed by atoms with van der Waals surface area (Å²) >= 11 is 3.58. The summed E-state index contributed by atoms with van der Waals surface area (Å²) in [5.74, 6) is 0.781. The second kappa shape index (κ2) is 6.02. The molecule has 0 aliphatic heterocycles. The molecule has 0 saturated heterocycles. The molecule has 0 aliphatic rings. The molecule has 0 aromatic carbocycles. The van der Waals surface area contributed by atoms with Gasteiger partial charge in [0.05, 0.1) is 5.60 Å². The van der Waals surface area contributed by atoms with Crippen LogP contribution in [0.15, 0.2) is 0 Å². The van der Waals surface area contributed by atoms with Crippen LogP contribution in [0.2, 0.25) is 0 Å². The van der Waals surface area contributed by atoms with E-state index in [1.165, 1.54) is 12.8 Å². The van der Waals surface area contributed by atoms with Gasteiger partial charge in [-0.3, -0.25) is 0 Å². The van der Waals surface area contributed by atoms with E-state index in [9.17, 15) is 0 Å². The number of hydrogen-bond donors (Lipinski definition) is 0. The maximum atomic E-state index is 5.38. The number of alkyl halides is 1. The Morgan fingerprint density at radius 1 is 1.31 bits per heavy atom. The van der Waals surface area contributed by atoms with E-state index in [1.54, 1.807) is 7.11 Å². The molecule has 2 heteroatoms. The van der Waals surface area contributed by atoms with Crippen molar-refractivity contribution in [2.24, 2.45) is 5.92 Å². The van der Waals surface area contributed by atoms with Gasteiger partial charge in [-0.2, -0.15) is 0 Å². The highest BCUT2D eigenvalue weighted by atomic mass is 79.9. The van der Waals surface area contributed by atoms with Crippen LogP contribution in [0.3, 0.4) is 0 Å². The molecule has 0 fully saturated rings. The van der Waals surface area contributed by atoms with Crippen molar-refractivity contribution in [2.75, 3.05) is 7.11 Å². The third-order valence-corrected chi connectivity index (χ3v) is 2.89. The Labute approximate surface area is 91.4 Å². The predicted molar refractivity (Wildman–Crippen MR) is 62.5 cm³/mol. The lowest BCUT2D eigenvalue weighted by Crippen LogP contribution is -2.23. The normalized spacial score (nSPS) is 17.1. The Hall–Kier alpha value is 0.440. The second-order valence-corrected chi connectivity index (χ2v) is 6.19. The van der Waals surface area contributed by atoms with Gasteiger partial charge in [0.2, 0.25) is 0 Å². The zero-order chi connectivity index (χ0) is 10.5. The quantitative estimate of drug-likeness (QED) is 0.648. The topological polar surface area (TPSA) is 9.23 Å². The van der Waals surface area contributed by atoms with Crippen molar-refractivity contribution in [1.82, 2.24) is 0 Å². The van der Waals surface area contributed by atoms with Crippen LogP contribution < -0.4 is 0 Å². The summed E-state index contributed by atoms with van der Waals surface area (Å²) in [7, 11) is 1.79. The van der Waals surface area contributed by atoms with Gasteiger partial charge in [-0.1, -0.05) is 29.8 Å². The van der Waals surface area contributed by atoms with E-state index in [4.69, 9.17) is 4.74 Å². The summed E-state index contributed by atoms with van der Waals surface area (Å²) in [5, 5.41) is 0. The highest BCUT2D eigenvalue weighted by Gasteiger charge is 2.17. The lowest BCUT2D eigenvalue weighted by atomic mass is 9.93. The molecule has 1 nitrogen and oxygen atoms in total. The van der Waals surface area contributed by atoms with Crippen molar-refractivity contribution in [3.63, 3.8) is 0 Å².